The first-order valence-electron chi connectivity index (χ1n) is 10.6. The molecule has 9 nitrogen and oxygen atoms in total. The van der Waals surface area contributed by atoms with Crippen molar-refractivity contribution in [3.05, 3.63) is 83.2 Å². The van der Waals surface area contributed by atoms with Crippen LogP contribution in [0.3, 0.4) is 0 Å². The predicted molar refractivity (Wildman–Crippen MR) is 131 cm³/mol. The Kier molecular flexibility index (Phi) is 7.16. The number of carbonyl (C=O) groups is 2. The number of amides is 2. The van der Waals surface area contributed by atoms with Crippen LogP contribution in [0, 0.1) is 19.7 Å². The first-order chi connectivity index (χ1) is 16.8. The van der Waals surface area contributed by atoms with E-state index in [1.807, 2.05) is 19.9 Å². The average Bonchev–Trinajstić information content (AvgIpc) is 3.22. The van der Waals surface area contributed by atoms with Crippen molar-refractivity contribution in [3.8, 4) is 5.69 Å². The molecule has 0 bridgehead atoms. The van der Waals surface area contributed by atoms with Crippen molar-refractivity contribution in [3.63, 3.8) is 0 Å². The lowest BCUT2D eigenvalue weighted by Crippen LogP contribution is -2.15. The Bertz CT molecular complexity index is 1350. The first kappa shape index (κ1) is 24.0. The number of aromatic nitrogens is 5. The third-order valence-electron chi connectivity index (χ3n) is 4.81. The molecule has 0 fully saturated rings. The van der Waals surface area contributed by atoms with Crippen LogP contribution < -0.4 is 10.6 Å². The molecule has 2 amide bonds. The Morgan fingerprint density at radius 2 is 1.54 bits per heavy atom. The molecule has 2 heterocycles. The van der Waals surface area contributed by atoms with Crippen LogP contribution in [0.25, 0.3) is 5.69 Å². The highest BCUT2D eigenvalue weighted by Gasteiger charge is 2.22. The summed E-state index contributed by atoms with van der Waals surface area (Å²) in [5.74, 6) is -0.719. The zero-order valence-electron chi connectivity index (χ0n) is 19.2. The molecule has 0 radical (unpaired) electrons. The number of rotatable bonds is 7. The van der Waals surface area contributed by atoms with Crippen molar-refractivity contribution in [1.82, 2.24) is 25.0 Å². The Hall–Kier alpha value is -4.12. The number of halogens is 1. The van der Waals surface area contributed by atoms with Gasteiger partial charge in [-0.3, -0.25) is 9.59 Å². The molecule has 0 saturated heterocycles. The van der Waals surface area contributed by atoms with Gasteiger partial charge in [0.15, 0.2) is 10.9 Å². The summed E-state index contributed by atoms with van der Waals surface area (Å²) in [5.41, 5.74) is 4.01. The number of benzene rings is 2. The number of aryl methyl sites for hydroxylation is 2. The van der Waals surface area contributed by atoms with Gasteiger partial charge >= 0.3 is 0 Å². The lowest BCUT2D eigenvalue weighted by molar-refractivity contribution is -0.114. The molecule has 0 aliphatic heterocycles. The van der Waals surface area contributed by atoms with Gasteiger partial charge in [0.05, 0.1) is 11.4 Å². The maximum atomic E-state index is 13.5. The zero-order valence-corrected chi connectivity index (χ0v) is 20.1. The van der Waals surface area contributed by atoms with Gasteiger partial charge in [-0.15, -0.1) is 5.10 Å². The molecule has 0 saturated carbocycles. The highest BCUT2D eigenvalue weighted by Crippen LogP contribution is 2.24. The quantitative estimate of drug-likeness (QED) is 0.292. The smallest absolute Gasteiger partial charge is 0.278 e. The second kappa shape index (κ2) is 10.4. The average molecular weight is 492 g/mol. The minimum absolute atomic E-state index is 0.122. The largest absolute Gasteiger partial charge is 0.326 e. The van der Waals surface area contributed by atoms with Gasteiger partial charge in [-0.25, -0.2) is 19.0 Å². The topological polar surface area (TPSA) is 115 Å². The standard InChI is InChI=1S/C24H22FN7O2S/c1-14-12-15(2)27-24(26-14)35-13-21-22(30-31-32(21)20-10-4-17(25)5-11-20)23(34)29-19-8-6-18(7-9-19)28-16(3)33/h4-12H,13H2,1-3H3,(H,28,33)(H,29,34). The molecule has 35 heavy (non-hydrogen) atoms. The molecular formula is C24H22FN7O2S. The highest BCUT2D eigenvalue weighted by molar-refractivity contribution is 7.98. The summed E-state index contributed by atoms with van der Waals surface area (Å²) in [6.45, 7) is 5.20. The number of nitrogens with zero attached hydrogens (tertiary/aromatic N) is 5. The van der Waals surface area contributed by atoms with Crippen LogP contribution in [0.2, 0.25) is 0 Å². The number of hydrogen-bond donors (Lipinski definition) is 2. The highest BCUT2D eigenvalue weighted by atomic mass is 32.2. The fourth-order valence-electron chi connectivity index (χ4n) is 3.32. The monoisotopic (exact) mass is 491 g/mol. The minimum atomic E-state index is -0.456. The third kappa shape index (κ3) is 6.07. The van der Waals surface area contributed by atoms with E-state index >= 15 is 0 Å². The van der Waals surface area contributed by atoms with E-state index in [0.717, 1.165) is 11.4 Å². The first-order valence-corrected chi connectivity index (χ1v) is 11.6. The number of anilines is 2. The van der Waals surface area contributed by atoms with Gasteiger partial charge in [-0.05, 0) is 68.4 Å². The molecule has 11 heteroatoms. The third-order valence-corrected chi connectivity index (χ3v) is 5.67. The van der Waals surface area contributed by atoms with E-state index in [4.69, 9.17) is 0 Å². The van der Waals surface area contributed by atoms with E-state index in [-0.39, 0.29) is 17.4 Å². The summed E-state index contributed by atoms with van der Waals surface area (Å²) in [5, 5.41) is 14.3. The summed E-state index contributed by atoms with van der Waals surface area (Å²) in [4.78, 5) is 33.2. The summed E-state index contributed by atoms with van der Waals surface area (Å²) < 4.78 is 15.0. The van der Waals surface area contributed by atoms with Crippen molar-refractivity contribution in [1.29, 1.82) is 0 Å². The Balaban J connectivity index is 1.62. The van der Waals surface area contributed by atoms with E-state index in [9.17, 15) is 14.0 Å². The summed E-state index contributed by atoms with van der Waals surface area (Å²) in [6.07, 6.45) is 0. The molecule has 0 spiro atoms. The number of nitrogens with one attached hydrogen (secondary N) is 2. The maximum Gasteiger partial charge on any atom is 0.278 e. The second-order valence-electron chi connectivity index (χ2n) is 7.71. The van der Waals surface area contributed by atoms with Crippen molar-refractivity contribution in [2.24, 2.45) is 0 Å². The SMILES string of the molecule is CC(=O)Nc1ccc(NC(=O)c2nnn(-c3ccc(F)cc3)c2CSc2nc(C)cc(C)n2)cc1. The number of hydrogen-bond acceptors (Lipinski definition) is 7. The lowest BCUT2D eigenvalue weighted by Gasteiger charge is -2.09. The normalized spacial score (nSPS) is 10.7. The molecular weight excluding hydrogens is 469 g/mol. The Morgan fingerprint density at radius 1 is 0.943 bits per heavy atom. The van der Waals surface area contributed by atoms with Crippen molar-refractivity contribution >= 4 is 35.0 Å². The summed E-state index contributed by atoms with van der Waals surface area (Å²) in [7, 11) is 0. The van der Waals surface area contributed by atoms with Crippen LogP contribution in [0.1, 0.15) is 34.5 Å². The van der Waals surface area contributed by atoms with Crippen LogP contribution in [-0.4, -0.2) is 36.8 Å². The van der Waals surface area contributed by atoms with Crippen molar-refractivity contribution < 1.29 is 14.0 Å². The molecule has 0 atom stereocenters. The molecule has 0 unspecified atom stereocenters. The zero-order chi connectivity index (χ0) is 24.9. The van der Waals surface area contributed by atoms with Gasteiger partial charge < -0.3 is 10.6 Å². The number of carbonyl (C=O) groups excluding carboxylic acids is 2. The van der Waals surface area contributed by atoms with Crippen molar-refractivity contribution in [2.45, 2.75) is 31.7 Å². The number of thioether (sulfide) groups is 1. The van der Waals surface area contributed by atoms with Gasteiger partial charge in [-0.1, -0.05) is 17.0 Å². The van der Waals surface area contributed by atoms with E-state index in [1.54, 1.807) is 36.4 Å². The molecule has 2 N–H and O–H groups in total. The van der Waals surface area contributed by atoms with Gasteiger partial charge in [0.25, 0.3) is 5.91 Å². The maximum absolute atomic E-state index is 13.5. The molecule has 4 rings (SSSR count). The molecule has 0 aliphatic rings. The van der Waals surface area contributed by atoms with E-state index in [2.05, 4.69) is 30.9 Å². The lowest BCUT2D eigenvalue weighted by atomic mass is 10.2. The van der Waals surface area contributed by atoms with Gasteiger partial charge in [0.2, 0.25) is 5.91 Å². The Labute approximate surface area is 205 Å². The minimum Gasteiger partial charge on any atom is -0.326 e. The molecule has 4 aromatic rings. The molecule has 2 aromatic heterocycles. The van der Waals surface area contributed by atoms with E-state index in [1.165, 1.54) is 35.5 Å². The second-order valence-corrected chi connectivity index (χ2v) is 8.65. The van der Waals surface area contributed by atoms with Gasteiger partial charge in [-0.2, -0.15) is 0 Å². The van der Waals surface area contributed by atoms with E-state index in [0.29, 0.717) is 33.7 Å². The van der Waals surface area contributed by atoms with Crippen LogP contribution in [-0.2, 0) is 10.5 Å². The predicted octanol–water partition coefficient (Wildman–Crippen LogP) is 4.32. The van der Waals surface area contributed by atoms with Crippen LogP contribution >= 0.6 is 11.8 Å². The molecule has 178 valence electrons. The van der Waals surface area contributed by atoms with Gasteiger partial charge in [0, 0.05) is 35.4 Å². The van der Waals surface area contributed by atoms with Crippen molar-refractivity contribution in [2.75, 3.05) is 10.6 Å². The van der Waals surface area contributed by atoms with Crippen LogP contribution in [0.4, 0.5) is 15.8 Å². The molecule has 2 aromatic carbocycles. The Morgan fingerprint density at radius 3 is 2.14 bits per heavy atom. The van der Waals surface area contributed by atoms with Gasteiger partial charge in [0.1, 0.15) is 5.82 Å². The fourth-order valence-corrected chi connectivity index (χ4v) is 4.26. The van der Waals surface area contributed by atoms with Crippen LogP contribution in [0.15, 0.2) is 59.8 Å². The van der Waals surface area contributed by atoms with E-state index < -0.39 is 5.91 Å². The molecule has 0 aliphatic carbocycles. The van der Waals surface area contributed by atoms with Crippen LogP contribution in [0.5, 0.6) is 0 Å². The summed E-state index contributed by atoms with van der Waals surface area (Å²) in [6, 6.07) is 14.3. The fraction of sp³-hybridized carbons (Fsp3) is 0.167. The summed E-state index contributed by atoms with van der Waals surface area (Å²) >= 11 is 1.35.